The molecule has 1 rings (SSSR count). The van der Waals surface area contributed by atoms with E-state index in [1.165, 1.54) is 7.11 Å². The largest absolute Gasteiger partial charge is 0.465 e. The number of nitrogens with one attached hydrogen (secondary N) is 1. The van der Waals surface area contributed by atoms with Crippen LogP contribution in [0.15, 0.2) is 18.2 Å². The number of ether oxygens (including phenoxy) is 2. The second kappa shape index (κ2) is 7.26. The Morgan fingerprint density at radius 1 is 1.32 bits per heavy atom. The van der Waals surface area contributed by atoms with E-state index in [9.17, 15) is 14.7 Å². The molecule has 22 heavy (non-hydrogen) atoms. The topological polar surface area (TPSA) is 84.9 Å². The van der Waals surface area contributed by atoms with E-state index in [-0.39, 0.29) is 12.6 Å². The molecular weight excluding hydrogens is 286 g/mol. The molecule has 0 bridgehead atoms. The molecule has 0 heterocycles. The number of amides is 1. The van der Waals surface area contributed by atoms with Gasteiger partial charge in [-0.2, -0.15) is 0 Å². The lowest BCUT2D eigenvalue weighted by Gasteiger charge is -2.22. The van der Waals surface area contributed by atoms with Gasteiger partial charge in [-0.15, -0.1) is 0 Å². The van der Waals surface area contributed by atoms with E-state index >= 15 is 0 Å². The maximum absolute atomic E-state index is 11.8. The fourth-order valence-electron chi connectivity index (χ4n) is 1.89. The van der Waals surface area contributed by atoms with E-state index in [2.05, 4.69) is 10.1 Å². The Hall–Kier alpha value is -2.08. The first kappa shape index (κ1) is 18.0. The zero-order valence-corrected chi connectivity index (χ0v) is 13.6. The Balaban J connectivity index is 2.88. The third-order valence-corrected chi connectivity index (χ3v) is 2.94. The number of methoxy groups -OCH3 is 1. The molecule has 6 nitrogen and oxygen atoms in total. The van der Waals surface area contributed by atoms with Crippen LogP contribution in [0.3, 0.4) is 0 Å². The number of hydrogen-bond donors (Lipinski definition) is 2. The third kappa shape index (κ3) is 5.04. The van der Waals surface area contributed by atoms with Crippen molar-refractivity contribution < 1.29 is 24.2 Å². The Bertz CT molecular complexity index is 548. The lowest BCUT2D eigenvalue weighted by atomic mass is 10.0. The minimum atomic E-state index is -0.575. The highest BCUT2D eigenvalue weighted by Gasteiger charge is 2.19. The predicted molar refractivity (Wildman–Crippen MR) is 81.5 cm³/mol. The molecule has 122 valence electrons. The molecule has 1 atom stereocenters. The van der Waals surface area contributed by atoms with E-state index in [4.69, 9.17) is 4.74 Å². The molecule has 1 aromatic rings. The van der Waals surface area contributed by atoms with Gasteiger partial charge < -0.3 is 19.9 Å². The number of alkyl carbamates (subject to hydrolysis) is 1. The first-order valence-electron chi connectivity index (χ1n) is 6.99. The van der Waals surface area contributed by atoms with Crippen LogP contribution in [-0.4, -0.2) is 29.9 Å². The van der Waals surface area contributed by atoms with Crippen LogP contribution in [0.5, 0.6) is 0 Å². The normalized spacial score (nSPS) is 12.5. The molecule has 0 unspecified atom stereocenters. The van der Waals surface area contributed by atoms with E-state index in [0.29, 0.717) is 11.1 Å². The van der Waals surface area contributed by atoms with Crippen molar-refractivity contribution in [2.24, 2.45) is 0 Å². The molecule has 0 fully saturated rings. The van der Waals surface area contributed by atoms with Gasteiger partial charge in [0, 0.05) is 0 Å². The van der Waals surface area contributed by atoms with Crippen LogP contribution in [0.25, 0.3) is 0 Å². The van der Waals surface area contributed by atoms with Crippen molar-refractivity contribution in [3.05, 3.63) is 34.9 Å². The van der Waals surface area contributed by atoms with Crippen molar-refractivity contribution in [1.29, 1.82) is 0 Å². The number of aliphatic hydroxyl groups excluding tert-OH is 1. The maximum Gasteiger partial charge on any atom is 0.408 e. The summed E-state index contributed by atoms with van der Waals surface area (Å²) < 4.78 is 9.85. The molecule has 0 saturated heterocycles. The highest BCUT2D eigenvalue weighted by atomic mass is 16.6. The first-order chi connectivity index (χ1) is 10.2. The Morgan fingerprint density at radius 2 is 1.95 bits per heavy atom. The lowest BCUT2D eigenvalue weighted by Crippen LogP contribution is -2.34. The van der Waals surface area contributed by atoms with Gasteiger partial charge in [-0.05, 0) is 44.9 Å². The highest BCUT2D eigenvalue weighted by molar-refractivity contribution is 5.91. The molecule has 0 aliphatic rings. The Labute approximate surface area is 130 Å². The van der Waals surface area contributed by atoms with Crippen molar-refractivity contribution in [2.45, 2.75) is 45.9 Å². The smallest absolute Gasteiger partial charge is 0.408 e. The summed E-state index contributed by atoms with van der Waals surface area (Å²) in [6, 6.07) is 4.61. The number of benzene rings is 1. The Kier molecular flexibility index (Phi) is 5.93. The minimum Gasteiger partial charge on any atom is -0.465 e. The number of aliphatic hydroxyl groups is 1. The van der Waals surface area contributed by atoms with Crippen molar-refractivity contribution >= 4 is 12.1 Å². The van der Waals surface area contributed by atoms with Crippen molar-refractivity contribution in [3.8, 4) is 0 Å². The van der Waals surface area contributed by atoms with Crippen LogP contribution in [-0.2, 0) is 16.1 Å². The number of carbonyl (C=O) groups is 2. The summed E-state index contributed by atoms with van der Waals surface area (Å²) in [5.74, 6) is -0.511. The van der Waals surface area contributed by atoms with Gasteiger partial charge in [-0.1, -0.05) is 12.1 Å². The molecule has 6 heteroatoms. The van der Waals surface area contributed by atoms with Crippen molar-refractivity contribution in [3.63, 3.8) is 0 Å². The number of hydrogen-bond acceptors (Lipinski definition) is 5. The standard InChI is InChI=1S/C16H23NO5/c1-10(17-15(20)22-16(2,3)4)11-6-7-13(14(19)21-5)12(8-11)9-18/h6-8,10,18H,9H2,1-5H3,(H,17,20)/t10-/m0/s1. The predicted octanol–water partition coefficient (Wildman–Crippen LogP) is 2.55. The zero-order valence-electron chi connectivity index (χ0n) is 13.6. The summed E-state index contributed by atoms with van der Waals surface area (Å²) in [6.45, 7) is 6.85. The van der Waals surface area contributed by atoms with Gasteiger partial charge in [-0.25, -0.2) is 9.59 Å². The molecule has 0 aromatic heterocycles. The van der Waals surface area contributed by atoms with Crippen molar-refractivity contribution in [1.82, 2.24) is 5.32 Å². The minimum absolute atomic E-state index is 0.294. The van der Waals surface area contributed by atoms with Crippen LogP contribution in [0, 0.1) is 0 Å². The van der Waals surface area contributed by atoms with Crippen LogP contribution in [0.2, 0.25) is 0 Å². The van der Waals surface area contributed by atoms with Crippen LogP contribution < -0.4 is 5.32 Å². The third-order valence-electron chi connectivity index (χ3n) is 2.94. The monoisotopic (exact) mass is 309 g/mol. The molecule has 0 aliphatic heterocycles. The average Bonchev–Trinajstić information content (AvgIpc) is 2.43. The van der Waals surface area contributed by atoms with Crippen LogP contribution in [0.4, 0.5) is 4.79 Å². The Morgan fingerprint density at radius 3 is 2.45 bits per heavy atom. The fraction of sp³-hybridized carbons (Fsp3) is 0.500. The lowest BCUT2D eigenvalue weighted by molar-refractivity contribution is 0.0506. The van der Waals surface area contributed by atoms with Gasteiger partial charge >= 0.3 is 12.1 Å². The highest BCUT2D eigenvalue weighted by Crippen LogP contribution is 2.19. The SMILES string of the molecule is COC(=O)c1ccc([C@H](C)NC(=O)OC(C)(C)C)cc1CO. The maximum atomic E-state index is 11.8. The summed E-state index contributed by atoms with van der Waals surface area (Å²) >= 11 is 0. The summed E-state index contributed by atoms with van der Waals surface area (Å²) in [5.41, 5.74) is 0.928. The zero-order chi connectivity index (χ0) is 16.9. The molecule has 0 saturated carbocycles. The van der Waals surface area contributed by atoms with Gasteiger partial charge in [0.2, 0.25) is 0 Å². The molecule has 0 aliphatic carbocycles. The number of rotatable bonds is 4. The van der Waals surface area contributed by atoms with E-state index in [0.717, 1.165) is 5.56 Å². The van der Waals surface area contributed by atoms with Gasteiger partial charge in [0.15, 0.2) is 0 Å². The van der Waals surface area contributed by atoms with Gasteiger partial charge in [0.25, 0.3) is 0 Å². The first-order valence-corrected chi connectivity index (χ1v) is 6.99. The molecule has 0 spiro atoms. The average molecular weight is 309 g/mol. The fourth-order valence-corrected chi connectivity index (χ4v) is 1.89. The summed E-state index contributed by atoms with van der Waals surface area (Å²) in [4.78, 5) is 23.3. The summed E-state index contributed by atoms with van der Waals surface area (Å²) in [6.07, 6.45) is -0.525. The van der Waals surface area contributed by atoms with E-state index in [1.54, 1.807) is 45.9 Å². The van der Waals surface area contributed by atoms with Gasteiger partial charge in [-0.3, -0.25) is 0 Å². The van der Waals surface area contributed by atoms with Crippen LogP contribution >= 0.6 is 0 Å². The summed E-state index contributed by atoms with van der Waals surface area (Å²) in [5, 5.41) is 12.1. The molecule has 1 aromatic carbocycles. The van der Waals surface area contributed by atoms with Gasteiger partial charge in [0.05, 0.1) is 25.3 Å². The molecular formula is C16H23NO5. The van der Waals surface area contributed by atoms with Crippen LogP contribution in [0.1, 0.15) is 55.2 Å². The molecule has 2 N–H and O–H groups in total. The molecule has 0 radical (unpaired) electrons. The second-order valence-corrected chi connectivity index (χ2v) is 5.93. The second-order valence-electron chi connectivity index (χ2n) is 5.93. The summed E-state index contributed by atoms with van der Waals surface area (Å²) in [7, 11) is 1.28. The molecule has 1 amide bonds. The quantitative estimate of drug-likeness (QED) is 0.835. The number of carbonyl (C=O) groups excluding carboxylic acids is 2. The van der Waals surface area contributed by atoms with E-state index in [1.807, 2.05) is 0 Å². The van der Waals surface area contributed by atoms with E-state index < -0.39 is 17.7 Å². The van der Waals surface area contributed by atoms with Gasteiger partial charge in [0.1, 0.15) is 5.60 Å². The van der Waals surface area contributed by atoms with Crippen molar-refractivity contribution in [2.75, 3.05) is 7.11 Å². The number of esters is 1.